The number of anilines is 1. The van der Waals surface area contributed by atoms with Crippen molar-refractivity contribution in [3.63, 3.8) is 0 Å². The average molecular weight is 293 g/mol. The monoisotopic (exact) mass is 293 g/mol. The zero-order chi connectivity index (χ0) is 15.0. The summed E-state index contributed by atoms with van der Waals surface area (Å²) in [5, 5.41) is 4.46. The van der Waals surface area contributed by atoms with Gasteiger partial charge in [-0.05, 0) is 30.5 Å². The Hall–Kier alpha value is -1.95. The Bertz CT molecular complexity index is 643. The van der Waals surface area contributed by atoms with Gasteiger partial charge in [-0.25, -0.2) is 8.78 Å². The molecule has 0 spiro atoms. The van der Waals surface area contributed by atoms with Crippen molar-refractivity contribution in [1.82, 2.24) is 9.78 Å². The van der Waals surface area contributed by atoms with Crippen molar-refractivity contribution >= 4 is 5.82 Å². The minimum Gasteiger partial charge on any atom is -0.383 e. The Labute approximate surface area is 121 Å². The standard InChI is InChI=1S/C15H17F2N3O/c1-20-15(18)13(10-6-11(16)8-12(17)7-10)14(19-20)9-2-4-21-5-3-9/h6-9H,2-5,18H2,1H3. The Balaban J connectivity index is 2.12. The highest BCUT2D eigenvalue weighted by Crippen LogP contribution is 2.38. The molecular formula is C15H17F2N3O. The van der Waals surface area contributed by atoms with E-state index < -0.39 is 11.6 Å². The lowest BCUT2D eigenvalue weighted by atomic mass is 9.91. The van der Waals surface area contributed by atoms with E-state index in [2.05, 4.69) is 5.10 Å². The molecule has 2 heterocycles. The van der Waals surface area contributed by atoms with E-state index in [-0.39, 0.29) is 5.92 Å². The molecule has 0 saturated carbocycles. The molecule has 4 nitrogen and oxygen atoms in total. The van der Waals surface area contributed by atoms with E-state index in [4.69, 9.17) is 10.5 Å². The second-order valence-electron chi connectivity index (χ2n) is 5.31. The Morgan fingerprint density at radius 1 is 1.19 bits per heavy atom. The first-order valence-corrected chi connectivity index (χ1v) is 6.93. The van der Waals surface area contributed by atoms with Gasteiger partial charge in [0.1, 0.15) is 17.5 Å². The van der Waals surface area contributed by atoms with Crippen LogP contribution in [0.25, 0.3) is 11.1 Å². The summed E-state index contributed by atoms with van der Waals surface area (Å²) in [4.78, 5) is 0. The van der Waals surface area contributed by atoms with Crippen LogP contribution in [-0.4, -0.2) is 23.0 Å². The Morgan fingerprint density at radius 2 is 1.81 bits per heavy atom. The molecule has 0 bridgehead atoms. The number of nitrogens with two attached hydrogens (primary N) is 1. The van der Waals surface area contributed by atoms with Crippen LogP contribution in [0.1, 0.15) is 24.5 Å². The van der Waals surface area contributed by atoms with Crippen LogP contribution in [0.3, 0.4) is 0 Å². The number of hydrogen-bond donors (Lipinski definition) is 1. The fourth-order valence-corrected chi connectivity index (χ4v) is 2.81. The number of rotatable bonds is 2. The molecule has 0 atom stereocenters. The van der Waals surface area contributed by atoms with Crippen LogP contribution in [0.2, 0.25) is 0 Å². The second kappa shape index (κ2) is 5.44. The van der Waals surface area contributed by atoms with Gasteiger partial charge in [0, 0.05) is 37.8 Å². The van der Waals surface area contributed by atoms with Crippen molar-refractivity contribution in [2.24, 2.45) is 7.05 Å². The van der Waals surface area contributed by atoms with Gasteiger partial charge in [0.15, 0.2) is 0 Å². The maximum Gasteiger partial charge on any atom is 0.129 e. The number of ether oxygens (including phenoxy) is 1. The van der Waals surface area contributed by atoms with Gasteiger partial charge >= 0.3 is 0 Å². The molecule has 1 aromatic carbocycles. The molecule has 0 unspecified atom stereocenters. The van der Waals surface area contributed by atoms with Crippen LogP contribution in [0.15, 0.2) is 18.2 Å². The lowest BCUT2D eigenvalue weighted by molar-refractivity contribution is 0.0845. The summed E-state index contributed by atoms with van der Waals surface area (Å²) in [6, 6.07) is 3.43. The topological polar surface area (TPSA) is 53.1 Å². The largest absolute Gasteiger partial charge is 0.383 e. The van der Waals surface area contributed by atoms with Crippen LogP contribution in [-0.2, 0) is 11.8 Å². The van der Waals surface area contributed by atoms with E-state index in [1.54, 1.807) is 11.7 Å². The van der Waals surface area contributed by atoms with Crippen LogP contribution in [0.4, 0.5) is 14.6 Å². The molecule has 1 saturated heterocycles. The van der Waals surface area contributed by atoms with E-state index in [0.717, 1.165) is 24.6 Å². The summed E-state index contributed by atoms with van der Waals surface area (Å²) in [5.41, 5.74) is 7.92. The Kier molecular flexibility index (Phi) is 3.63. The number of aromatic nitrogens is 2. The molecule has 0 aliphatic carbocycles. The molecule has 1 aliphatic rings. The van der Waals surface area contributed by atoms with Crippen molar-refractivity contribution in [2.45, 2.75) is 18.8 Å². The van der Waals surface area contributed by atoms with Crippen LogP contribution >= 0.6 is 0 Å². The lowest BCUT2D eigenvalue weighted by Gasteiger charge is -2.21. The van der Waals surface area contributed by atoms with Crippen LogP contribution in [0.5, 0.6) is 0 Å². The highest BCUT2D eigenvalue weighted by molar-refractivity contribution is 5.77. The minimum atomic E-state index is -0.619. The molecule has 2 aromatic rings. The normalized spacial score (nSPS) is 16.3. The zero-order valence-electron chi connectivity index (χ0n) is 11.8. The lowest BCUT2D eigenvalue weighted by Crippen LogP contribution is -2.15. The second-order valence-corrected chi connectivity index (χ2v) is 5.31. The van der Waals surface area contributed by atoms with Crippen molar-refractivity contribution in [2.75, 3.05) is 18.9 Å². The molecule has 112 valence electrons. The third-order valence-electron chi connectivity index (χ3n) is 3.88. The summed E-state index contributed by atoms with van der Waals surface area (Å²) in [7, 11) is 1.73. The van der Waals surface area contributed by atoms with Gasteiger partial charge in [0.25, 0.3) is 0 Å². The van der Waals surface area contributed by atoms with E-state index in [9.17, 15) is 8.78 Å². The fourth-order valence-electron chi connectivity index (χ4n) is 2.81. The molecule has 2 N–H and O–H groups in total. The number of hydrogen-bond acceptors (Lipinski definition) is 3. The molecule has 1 aliphatic heterocycles. The van der Waals surface area contributed by atoms with Crippen molar-refractivity contribution in [1.29, 1.82) is 0 Å². The van der Waals surface area contributed by atoms with Crippen molar-refractivity contribution < 1.29 is 13.5 Å². The molecule has 1 aromatic heterocycles. The summed E-state index contributed by atoms with van der Waals surface area (Å²) in [6.45, 7) is 1.33. The number of benzene rings is 1. The molecular weight excluding hydrogens is 276 g/mol. The van der Waals surface area contributed by atoms with Gasteiger partial charge in [-0.15, -0.1) is 0 Å². The van der Waals surface area contributed by atoms with Gasteiger partial charge in [-0.3, -0.25) is 4.68 Å². The molecule has 21 heavy (non-hydrogen) atoms. The number of nitrogens with zero attached hydrogens (tertiary/aromatic N) is 2. The highest BCUT2D eigenvalue weighted by atomic mass is 19.1. The molecule has 3 rings (SSSR count). The number of halogens is 2. The maximum absolute atomic E-state index is 13.5. The summed E-state index contributed by atoms with van der Waals surface area (Å²) in [6.07, 6.45) is 1.67. The first-order chi connectivity index (χ1) is 10.1. The van der Waals surface area contributed by atoms with Crippen molar-refractivity contribution in [3.8, 4) is 11.1 Å². The van der Waals surface area contributed by atoms with E-state index in [1.807, 2.05) is 0 Å². The minimum absolute atomic E-state index is 0.198. The van der Waals surface area contributed by atoms with Gasteiger partial charge in [0.05, 0.1) is 5.69 Å². The predicted molar refractivity (Wildman–Crippen MR) is 75.8 cm³/mol. The molecule has 0 radical (unpaired) electrons. The van der Waals surface area contributed by atoms with Crippen molar-refractivity contribution in [3.05, 3.63) is 35.5 Å². The Morgan fingerprint density at radius 3 is 2.43 bits per heavy atom. The number of nitrogen functional groups attached to an aromatic ring is 1. The fraction of sp³-hybridized carbons (Fsp3) is 0.400. The van der Waals surface area contributed by atoms with Gasteiger partial charge in [-0.1, -0.05) is 0 Å². The predicted octanol–water partition coefficient (Wildman–Crippen LogP) is 2.84. The quantitative estimate of drug-likeness (QED) is 0.926. The summed E-state index contributed by atoms with van der Waals surface area (Å²) in [5.74, 6) is -0.623. The van der Waals surface area contributed by atoms with Crippen LogP contribution in [0, 0.1) is 11.6 Å². The average Bonchev–Trinajstić information content (AvgIpc) is 2.75. The zero-order valence-corrected chi connectivity index (χ0v) is 11.8. The molecule has 0 amide bonds. The van der Waals surface area contributed by atoms with E-state index in [0.29, 0.717) is 30.2 Å². The third-order valence-corrected chi connectivity index (χ3v) is 3.88. The van der Waals surface area contributed by atoms with E-state index >= 15 is 0 Å². The third kappa shape index (κ3) is 2.63. The van der Waals surface area contributed by atoms with Gasteiger partial charge in [0.2, 0.25) is 0 Å². The van der Waals surface area contributed by atoms with E-state index in [1.165, 1.54) is 12.1 Å². The molecule has 6 heteroatoms. The maximum atomic E-state index is 13.5. The van der Waals surface area contributed by atoms with Gasteiger partial charge < -0.3 is 10.5 Å². The van der Waals surface area contributed by atoms with Gasteiger partial charge in [-0.2, -0.15) is 5.10 Å². The SMILES string of the molecule is Cn1nc(C2CCOCC2)c(-c2cc(F)cc(F)c2)c1N. The first kappa shape index (κ1) is 14.0. The smallest absolute Gasteiger partial charge is 0.129 e. The summed E-state index contributed by atoms with van der Waals surface area (Å²) >= 11 is 0. The summed E-state index contributed by atoms with van der Waals surface area (Å²) < 4.78 is 33.9. The first-order valence-electron chi connectivity index (χ1n) is 6.93. The van der Waals surface area contributed by atoms with Crippen LogP contribution < -0.4 is 5.73 Å². The molecule has 1 fully saturated rings. The number of aryl methyl sites for hydroxylation is 1. The highest BCUT2D eigenvalue weighted by Gasteiger charge is 2.25.